The Labute approximate surface area is 125 Å². The number of likely N-dealkylation sites (N-methyl/N-ethyl adjacent to an activating group) is 1. The van der Waals surface area contributed by atoms with Gasteiger partial charge >= 0.3 is 0 Å². The number of aromatic amines is 1. The maximum absolute atomic E-state index is 5.98. The number of anilines is 1. The Balaban J connectivity index is 1.91. The molecule has 1 N–H and O–H groups in total. The number of halogens is 1. The molecule has 104 valence electrons. The fourth-order valence-corrected chi connectivity index (χ4v) is 3.12. The van der Waals surface area contributed by atoms with E-state index in [0.29, 0.717) is 11.7 Å². The number of nitrogens with one attached hydrogen (secondary N) is 1. The summed E-state index contributed by atoms with van der Waals surface area (Å²) in [6, 6.07) is 4.52. The van der Waals surface area contributed by atoms with Gasteiger partial charge < -0.3 is 4.90 Å². The average molecular weight is 308 g/mol. The Morgan fingerprint density at radius 1 is 1.45 bits per heavy atom. The number of thiophene rings is 1. The standard InChI is InChI=1S/C13H14ClN5S/c1-8(6-9-4-3-5-20-9)19(2)12-10-7-15-18-11(10)16-13(14)17-12/h3-5,7-8H,6H2,1-2H3,(H,15,16,17,18). The molecule has 0 amide bonds. The van der Waals surface area contributed by atoms with Gasteiger partial charge in [0.2, 0.25) is 5.28 Å². The van der Waals surface area contributed by atoms with Gasteiger partial charge in [0, 0.05) is 24.4 Å². The first-order valence-electron chi connectivity index (χ1n) is 6.27. The molecule has 3 aromatic heterocycles. The van der Waals surface area contributed by atoms with Crippen LogP contribution in [0.1, 0.15) is 11.8 Å². The summed E-state index contributed by atoms with van der Waals surface area (Å²) < 4.78 is 0. The van der Waals surface area contributed by atoms with Crippen molar-refractivity contribution in [1.29, 1.82) is 0 Å². The third-order valence-corrected chi connectivity index (χ3v) is 4.40. The van der Waals surface area contributed by atoms with E-state index in [9.17, 15) is 0 Å². The molecule has 0 spiro atoms. The van der Waals surface area contributed by atoms with E-state index in [1.165, 1.54) is 4.88 Å². The van der Waals surface area contributed by atoms with E-state index in [1.807, 2.05) is 7.05 Å². The van der Waals surface area contributed by atoms with Crippen molar-refractivity contribution in [1.82, 2.24) is 20.2 Å². The molecule has 0 radical (unpaired) electrons. The van der Waals surface area contributed by atoms with Crippen LogP contribution < -0.4 is 4.90 Å². The van der Waals surface area contributed by atoms with Crippen LogP contribution in [0, 0.1) is 0 Å². The van der Waals surface area contributed by atoms with Crippen LogP contribution in [0.3, 0.4) is 0 Å². The maximum Gasteiger partial charge on any atom is 0.226 e. The van der Waals surface area contributed by atoms with Crippen molar-refractivity contribution < 1.29 is 0 Å². The third-order valence-electron chi connectivity index (χ3n) is 3.33. The third kappa shape index (κ3) is 2.48. The van der Waals surface area contributed by atoms with Crippen molar-refractivity contribution in [2.45, 2.75) is 19.4 Å². The van der Waals surface area contributed by atoms with Gasteiger partial charge in [-0.1, -0.05) is 6.07 Å². The molecule has 7 heteroatoms. The highest BCUT2D eigenvalue weighted by Crippen LogP contribution is 2.25. The van der Waals surface area contributed by atoms with Crippen LogP contribution >= 0.6 is 22.9 Å². The molecule has 3 heterocycles. The Morgan fingerprint density at radius 2 is 2.30 bits per heavy atom. The quantitative estimate of drug-likeness (QED) is 0.752. The Morgan fingerprint density at radius 3 is 3.05 bits per heavy atom. The van der Waals surface area contributed by atoms with Crippen LogP contribution in [0.25, 0.3) is 11.0 Å². The molecule has 0 aromatic carbocycles. The molecule has 0 bridgehead atoms. The molecule has 0 saturated heterocycles. The lowest BCUT2D eigenvalue weighted by Gasteiger charge is -2.26. The molecule has 0 fully saturated rings. The normalized spacial score (nSPS) is 12.8. The van der Waals surface area contributed by atoms with Gasteiger partial charge in [-0.3, -0.25) is 5.10 Å². The summed E-state index contributed by atoms with van der Waals surface area (Å²) in [6.45, 7) is 2.17. The van der Waals surface area contributed by atoms with E-state index >= 15 is 0 Å². The van der Waals surface area contributed by atoms with Gasteiger partial charge in [-0.2, -0.15) is 15.1 Å². The van der Waals surface area contributed by atoms with Gasteiger partial charge in [-0.15, -0.1) is 11.3 Å². The second-order valence-electron chi connectivity index (χ2n) is 4.69. The zero-order valence-corrected chi connectivity index (χ0v) is 12.7. The van der Waals surface area contributed by atoms with Gasteiger partial charge in [-0.25, -0.2) is 0 Å². The van der Waals surface area contributed by atoms with Crippen LogP contribution in [0.15, 0.2) is 23.7 Å². The summed E-state index contributed by atoms with van der Waals surface area (Å²) in [6.07, 6.45) is 2.70. The van der Waals surface area contributed by atoms with E-state index in [4.69, 9.17) is 11.6 Å². The van der Waals surface area contributed by atoms with Crippen molar-refractivity contribution in [2.75, 3.05) is 11.9 Å². The molecular weight excluding hydrogens is 294 g/mol. The van der Waals surface area contributed by atoms with E-state index in [1.54, 1.807) is 17.5 Å². The second-order valence-corrected chi connectivity index (χ2v) is 6.06. The van der Waals surface area contributed by atoms with Crippen LogP contribution in [0.2, 0.25) is 5.28 Å². The topological polar surface area (TPSA) is 57.7 Å². The number of nitrogens with zero attached hydrogens (tertiary/aromatic N) is 4. The number of H-pyrrole nitrogens is 1. The second kappa shape index (κ2) is 5.38. The smallest absolute Gasteiger partial charge is 0.226 e. The zero-order chi connectivity index (χ0) is 14.1. The Bertz CT molecular complexity index is 709. The SMILES string of the molecule is CC(Cc1cccs1)N(C)c1nc(Cl)nc2[nH]ncc12. The lowest BCUT2D eigenvalue weighted by molar-refractivity contribution is 0.682. The molecule has 1 atom stereocenters. The Kier molecular flexibility index (Phi) is 3.58. The largest absolute Gasteiger partial charge is 0.356 e. The number of hydrogen-bond acceptors (Lipinski definition) is 5. The van der Waals surface area contributed by atoms with E-state index in [0.717, 1.165) is 17.6 Å². The minimum Gasteiger partial charge on any atom is -0.356 e. The summed E-state index contributed by atoms with van der Waals surface area (Å²) in [5.41, 5.74) is 0.662. The van der Waals surface area contributed by atoms with E-state index < -0.39 is 0 Å². The molecular formula is C13H14ClN5S. The number of fused-ring (bicyclic) bond motifs is 1. The predicted molar refractivity (Wildman–Crippen MR) is 82.6 cm³/mol. The fraction of sp³-hybridized carbons (Fsp3) is 0.308. The lowest BCUT2D eigenvalue weighted by atomic mass is 10.2. The summed E-state index contributed by atoms with van der Waals surface area (Å²) in [7, 11) is 2.02. The zero-order valence-electron chi connectivity index (χ0n) is 11.2. The molecule has 3 rings (SSSR count). The predicted octanol–water partition coefficient (Wildman–Crippen LogP) is 3.14. The highest BCUT2D eigenvalue weighted by Gasteiger charge is 2.17. The van der Waals surface area contributed by atoms with Crippen LogP contribution in [-0.4, -0.2) is 33.3 Å². The van der Waals surface area contributed by atoms with Gasteiger partial charge in [0.05, 0.1) is 11.6 Å². The monoisotopic (exact) mass is 307 g/mol. The molecule has 0 aliphatic rings. The molecule has 20 heavy (non-hydrogen) atoms. The van der Waals surface area contributed by atoms with Crippen molar-refractivity contribution in [2.24, 2.45) is 0 Å². The summed E-state index contributed by atoms with van der Waals surface area (Å²) in [5, 5.41) is 10.0. The molecule has 3 aromatic rings. The molecule has 0 saturated carbocycles. The highest BCUT2D eigenvalue weighted by atomic mass is 35.5. The summed E-state index contributed by atoms with van der Waals surface area (Å²) >= 11 is 7.75. The first-order chi connectivity index (χ1) is 9.65. The van der Waals surface area contributed by atoms with Crippen molar-refractivity contribution in [3.05, 3.63) is 33.9 Å². The summed E-state index contributed by atoms with van der Waals surface area (Å²) in [4.78, 5) is 11.9. The highest BCUT2D eigenvalue weighted by molar-refractivity contribution is 7.09. The maximum atomic E-state index is 5.98. The van der Waals surface area contributed by atoms with Crippen LogP contribution in [0.5, 0.6) is 0 Å². The first-order valence-corrected chi connectivity index (χ1v) is 7.52. The molecule has 5 nitrogen and oxygen atoms in total. The van der Waals surface area contributed by atoms with Gasteiger partial charge in [0.25, 0.3) is 0 Å². The molecule has 0 aliphatic carbocycles. The average Bonchev–Trinajstić information content (AvgIpc) is 3.07. The number of aromatic nitrogens is 4. The summed E-state index contributed by atoms with van der Waals surface area (Å²) in [5.74, 6) is 0.804. The van der Waals surface area contributed by atoms with E-state index in [-0.39, 0.29) is 5.28 Å². The Hall–Kier alpha value is -1.66. The van der Waals surface area contributed by atoms with Crippen LogP contribution in [-0.2, 0) is 6.42 Å². The van der Waals surface area contributed by atoms with Gasteiger partial charge in [-0.05, 0) is 30.0 Å². The minimum absolute atomic E-state index is 0.229. The first kappa shape index (κ1) is 13.3. The molecule has 1 unspecified atom stereocenters. The fourth-order valence-electron chi connectivity index (χ4n) is 2.13. The van der Waals surface area contributed by atoms with Crippen molar-refractivity contribution in [3.8, 4) is 0 Å². The van der Waals surface area contributed by atoms with Gasteiger partial charge in [0.15, 0.2) is 5.65 Å². The lowest BCUT2D eigenvalue weighted by Crippen LogP contribution is -2.31. The molecule has 0 aliphatic heterocycles. The minimum atomic E-state index is 0.229. The van der Waals surface area contributed by atoms with Crippen molar-refractivity contribution >= 4 is 39.8 Å². The van der Waals surface area contributed by atoms with E-state index in [2.05, 4.69) is 49.5 Å². The number of rotatable bonds is 4. The van der Waals surface area contributed by atoms with Crippen LogP contribution in [0.4, 0.5) is 5.82 Å². The van der Waals surface area contributed by atoms with Crippen molar-refractivity contribution in [3.63, 3.8) is 0 Å². The number of hydrogen-bond donors (Lipinski definition) is 1. The van der Waals surface area contributed by atoms with Gasteiger partial charge in [0.1, 0.15) is 5.82 Å².